The van der Waals surface area contributed by atoms with Crippen LogP contribution in [0.2, 0.25) is 0 Å². The largest absolute Gasteiger partial charge is 0.317 e. The molecule has 1 saturated heterocycles. The van der Waals surface area contributed by atoms with Gasteiger partial charge in [-0.25, -0.2) is 0 Å². The molecule has 1 aliphatic heterocycles. The fourth-order valence-corrected chi connectivity index (χ4v) is 3.29. The third kappa shape index (κ3) is 6.19. The molecule has 2 rings (SSSR count). The molecule has 0 spiro atoms. The van der Waals surface area contributed by atoms with E-state index in [4.69, 9.17) is 0 Å². The summed E-state index contributed by atoms with van der Waals surface area (Å²) < 4.78 is 0. The van der Waals surface area contributed by atoms with Gasteiger partial charge in [-0.05, 0) is 77.2 Å². The molecule has 1 aliphatic rings. The Kier molecular flexibility index (Phi) is 7.25. The van der Waals surface area contributed by atoms with Crippen LogP contribution in [0.4, 0.5) is 0 Å². The van der Waals surface area contributed by atoms with Gasteiger partial charge in [0, 0.05) is 6.04 Å². The molecular weight excluding hydrogens is 256 g/mol. The minimum Gasteiger partial charge on any atom is -0.317 e. The second kappa shape index (κ2) is 9.22. The van der Waals surface area contributed by atoms with Crippen LogP contribution in [0.15, 0.2) is 30.3 Å². The van der Waals surface area contributed by atoms with Gasteiger partial charge in [-0.1, -0.05) is 36.8 Å². The van der Waals surface area contributed by atoms with Crippen molar-refractivity contribution < 1.29 is 0 Å². The molecule has 118 valence electrons. The Hall–Kier alpha value is -0.860. The van der Waals surface area contributed by atoms with Crippen LogP contribution in [-0.2, 0) is 6.42 Å². The van der Waals surface area contributed by atoms with Crippen LogP contribution in [0, 0.1) is 5.92 Å². The van der Waals surface area contributed by atoms with Crippen molar-refractivity contribution in [3.05, 3.63) is 35.9 Å². The number of benzene rings is 1. The Bertz CT molecular complexity index is 368. The van der Waals surface area contributed by atoms with E-state index < -0.39 is 0 Å². The molecule has 0 radical (unpaired) electrons. The molecule has 0 saturated carbocycles. The number of hydrogen-bond acceptors (Lipinski definition) is 2. The Labute approximate surface area is 130 Å². The summed E-state index contributed by atoms with van der Waals surface area (Å²) in [5.74, 6) is 0.896. The van der Waals surface area contributed by atoms with Gasteiger partial charge >= 0.3 is 0 Å². The van der Waals surface area contributed by atoms with Crippen molar-refractivity contribution in [3.63, 3.8) is 0 Å². The maximum atomic E-state index is 3.32. The number of hydrogen-bond donors (Lipinski definition) is 1. The Morgan fingerprint density at radius 3 is 2.52 bits per heavy atom. The molecule has 0 aromatic heterocycles. The van der Waals surface area contributed by atoms with E-state index in [9.17, 15) is 0 Å². The summed E-state index contributed by atoms with van der Waals surface area (Å²) in [7, 11) is 2.06. The number of rotatable bonds is 8. The van der Waals surface area contributed by atoms with Crippen LogP contribution in [0.1, 0.15) is 44.6 Å². The quantitative estimate of drug-likeness (QED) is 0.733. The molecule has 1 heterocycles. The van der Waals surface area contributed by atoms with Gasteiger partial charge in [0.1, 0.15) is 0 Å². The number of likely N-dealkylation sites (tertiary alicyclic amines) is 1. The average molecular weight is 288 g/mol. The molecule has 0 amide bonds. The van der Waals surface area contributed by atoms with Crippen molar-refractivity contribution >= 4 is 0 Å². The fraction of sp³-hybridized carbons (Fsp3) is 0.684. The van der Waals surface area contributed by atoms with Crippen molar-refractivity contribution in [2.75, 3.05) is 26.7 Å². The first kappa shape index (κ1) is 16.5. The van der Waals surface area contributed by atoms with Crippen molar-refractivity contribution in [1.29, 1.82) is 0 Å². The highest BCUT2D eigenvalue weighted by atomic mass is 15.1. The molecule has 1 fully saturated rings. The molecule has 2 nitrogen and oxygen atoms in total. The molecule has 0 aliphatic carbocycles. The number of unbranched alkanes of at least 4 members (excludes halogenated alkanes) is 1. The van der Waals surface area contributed by atoms with Gasteiger partial charge in [-0.15, -0.1) is 0 Å². The van der Waals surface area contributed by atoms with Crippen molar-refractivity contribution in [1.82, 2.24) is 10.2 Å². The van der Waals surface area contributed by atoms with Crippen LogP contribution in [0.25, 0.3) is 0 Å². The van der Waals surface area contributed by atoms with Gasteiger partial charge in [0.05, 0.1) is 0 Å². The smallest absolute Gasteiger partial charge is 0.00357 e. The van der Waals surface area contributed by atoms with E-state index in [1.807, 2.05) is 0 Å². The van der Waals surface area contributed by atoms with Gasteiger partial charge in [-0.3, -0.25) is 0 Å². The first-order valence-corrected chi connectivity index (χ1v) is 8.71. The number of nitrogens with zero attached hydrogens (tertiary/aromatic N) is 1. The van der Waals surface area contributed by atoms with E-state index in [-0.39, 0.29) is 0 Å². The van der Waals surface area contributed by atoms with Crippen molar-refractivity contribution in [2.45, 2.75) is 51.5 Å². The Balaban J connectivity index is 1.58. The summed E-state index contributed by atoms with van der Waals surface area (Å²) >= 11 is 0. The summed E-state index contributed by atoms with van der Waals surface area (Å²) in [6, 6.07) is 11.7. The zero-order chi connectivity index (χ0) is 14.9. The fourth-order valence-electron chi connectivity index (χ4n) is 3.29. The molecule has 1 unspecified atom stereocenters. The lowest BCUT2D eigenvalue weighted by atomic mass is 9.90. The van der Waals surface area contributed by atoms with Gasteiger partial charge in [-0.2, -0.15) is 0 Å². The van der Waals surface area contributed by atoms with E-state index >= 15 is 0 Å². The predicted molar refractivity (Wildman–Crippen MR) is 91.7 cm³/mol. The van der Waals surface area contributed by atoms with Crippen LogP contribution < -0.4 is 5.32 Å². The zero-order valence-electron chi connectivity index (χ0n) is 13.9. The zero-order valence-corrected chi connectivity index (χ0v) is 13.9. The first-order chi connectivity index (χ1) is 10.3. The van der Waals surface area contributed by atoms with E-state index in [0.29, 0.717) is 6.04 Å². The standard InChI is InChI=1S/C19H32N2/c1-17(20-2)8-6-7-13-21-14-11-19(12-15-21)16-18-9-4-3-5-10-18/h3-5,9-10,17,19-20H,6-8,11-16H2,1-2H3. The monoisotopic (exact) mass is 288 g/mol. The molecule has 21 heavy (non-hydrogen) atoms. The highest BCUT2D eigenvalue weighted by Crippen LogP contribution is 2.21. The lowest BCUT2D eigenvalue weighted by molar-refractivity contribution is 0.180. The Morgan fingerprint density at radius 2 is 1.86 bits per heavy atom. The van der Waals surface area contributed by atoms with Crippen LogP contribution in [0.3, 0.4) is 0 Å². The summed E-state index contributed by atoms with van der Waals surface area (Å²) in [5.41, 5.74) is 1.51. The van der Waals surface area contributed by atoms with E-state index in [0.717, 1.165) is 5.92 Å². The highest BCUT2D eigenvalue weighted by molar-refractivity contribution is 5.15. The highest BCUT2D eigenvalue weighted by Gasteiger charge is 2.18. The third-order valence-electron chi connectivity index (χ3n) is 4.93. The van der Waals surface area contributed by atoms with E-state index in [1.165, 1.54) is 63.7 Å². The Morgan fingerprint density at radius 1 is 1.14 bits per heavy atom. The molecular formula is C19H32N2. The maximum Gasteiger partial charge on any atom is 0.00357 e. The minimum absolute atomic E-state index is 0.668. The molecule has 1 atom stereocenters. The normalized spacial score (nSPS) is 18.8. The maximum absolute atomic E-state index is 3.32. The summed E-state index contributed by atoms with van der Waals surface area (Å²) in [6.07, 6.45) is 8.04. The molecule has 0 bridgehead atoms. The minimum atomic E-state index is 0.668. The van der Waals surface area contributed by atoms with E-state index in [1.54, 1.807) is 0 Å². The molecule has 1 N–H and O–H groups in total. The lowest BCUT2D eigenvalue weighted by Gasteiger charge is -2.32. The number of nitrogens with one attached hydrogen (secondary N) is 1. The van der Waals surface area contributed by atoms with Gasteiger partial charge in [0.15, 0.2) is 0 Å². The topological polar surface area (TPSA) is 15.3 Å². The third-order valence-corrected chi connectivity index (χ3v) is 4.93. The summed E-state index contributed by atoms with van der Waals surface area (Å²) in [6.45, 7) is 6.18. The molecule has 1 aromatic rings. The van der Waals surface area contributed by atoms with Crippen molar-refractivity contribution in [3.8, 4) is 0 Å². The first-order valence-electron chi connectivity index (χ1n) is 8.71. The van der Waals surface area contributed by atoms with Crippen molar-refractivity contribution in [2.24, 2.45) is 5.92 Å². The average Bonchev–Trinajstić information content (AvgIpc) is 2.54. The second-order valence-electron chi connectivity index (χ2n) is 6.66. The number of piperidine rings is 1. The second-order valence-corrected chi connectivity index (χ2v) is 6.66. The summed E-state index contributed by atoms with van der Waals surface area (Å²) in [5, 5.41) is 3.32. The SMILES string of the molecule is CNC(C)CCCCN1CCC(Cc2ccccc2)CC1. The van der Waals surface area contributed by atoms with Gasteiger partial charge in [0.2, 0.25) is 0 Å². The van der Waals surface area contributed by atoms with Crippen LogP contribution in [0.5, 0.6) is 0 Å². The summed E-state index contributed by atoms with van der Waals surface area (Å²) in [4.78, 5) is 2.67. The van der Waals surface area contributed by atoms with Crippen LogP contribution in [-0.4, -0.2) is 37.6 Å². The van der Waals surface area contributed by atoms with Crippen LogP contribution >= 0.6 is 0 Å². The lowest BCUT2D eigenvalue weighted by Crippen LogP contribution is -2.35. The van der Waals surface area contributed by atoms with E-state index in [2.05, 4.69) is 54.5 Å². The molecule has 1 aromatic carbocycles. The predicted octanol–water partition coefficient (Wildman–Crippen LogP) is 3.72. The van der Waals surface area contributed by atoms with Gasteiger partial charge in [0.25, 0.3) is 0 Å². The van der Waals surface area contributed by atoms with Gasteiger partial charge < -0.3 is 10.2 Å². The molecule has 2 heteroatoms.